The third-order valence-electron chi connectivity index (χ3n) is 6.57. The lowest BCUT2D eigenvalue weighted by atomic mass is 9.96. The molecule has 0 amide bonds. The smallest absolute Gasteiger partial charge is 0.219 e. The highest BCUT2D eigenvalue weighted by Crippen LogP contribution is 2.24. The molecule has 2 aromatic heterocycles. The second kappa shape index (κ2) is 13.1. The quantitative estimate of drug-likeness (QED) is 0.330. The molecule has 0 radical (unpaired) electrons. The number of carbonyl (C=O) groups excluding carboxylic acids is 2. The number of piperidine rings is 1. The summed E-state index contributed by atoms with van der Waals surface area (Å²) in [5.74, 6) is 7.53. The first kappa shape index (κ1) is 26.5. The van der Waals surface area contributed by atoms with Crippen LogP contribution in [0.4, 0.5) is 11.8 Å². The topological polar surface area (TPSA) is 115 Å². The Kier molecular flexibility index (Phi) is 9.35. The number of morpholine rings is 1. The maximum Gasteiger partial charge on any atom is 0.219 e. The summed E-state index contributed by atoms with van der Waals surface area (Å²) in [5.41, 5.74) is 8.07. The van der Waals surface area contributed by atoms with Crippen LogP contribution in [0.1, 0.15) is 38.2 Å². The van der Waals surface area contributed by atoms with Gasteiger partial charge < -0.3 is 15.4 Å². The molecule has 0 atom stereocenters. The fourth-order valence-corrected chi connectivity index (χ4v) is 4.39. The van der Waals surface area contributed by atoms with Crippen molar-refractivity contribution in [3.8, 4) is 23.1 Å². The summed E-state index contributed by atoms with van der Waals surface area (Å²) in [6.45, 7) is 6.51. The number of pyridine rings is 1. The van der Waals surface area contributed by atoms with Gasteiger partial charge in [-0.3, -0.25) is 14.5 Å². The van der Waals surface area contributed by atoms with E-state index in [-0.39, 0.29) is 36.4 Å². The van der Waals surface area contributed by atoms with Gasteiger partial charge in [0.2, 0.25) is 11.7 Å². The number of hydrogen-bond donors (Lipinski definition) is 1. The molecule has 194 valence electrons. The summed E-state index contributed by atoms with van der Waals surface area (Å²) in [6.07, 6.45) is 9.79. The van der Waals surface area contributed by atoms with Crippen LogP contribution in [-0.4, -0.2) is 77.4 Å². The van der Waals surface area contributed by atoms with Crippen LogP contribution in [0.2, 0.25) is 0 Å². The van der Waals surface area contributed by atoms with Gasteiger partial charge in [-0.1, -0.05) is 24.0 Å². The van der Waals surface area contributed by atoms with E-state index in [1.807, 2.05) is 31.2 Å². The van der Waals surface area contributed by atoms with E-state index < -0.39 is 0 Å². The normalized spacial score (nSPS) is 16.9. The Bertz CT molecular complexity index is 1170. The van der Waals surface area contributed by atoms with Crippen LogP contribution in [0.15, 0.2) is 36.7 Å². The van der Waals surface area contributed by atoms with Crippen molar-refractivity contribution in [2.75, 3.05) is 56.6 Å². The molecule has 2 fully saturated rings. The molecule has 2 aliphatic heterocycles. The van der Waals surface area contributed by atoms with Gasteiger partial charge in [-0.05, 0) is 51.4 Å². The standard InChI is InChI=1S/C28H34N6O3/c1-2-3-4-5-25(35)26(36)20-33-10-8-21(9-11-33)6-7-22-16-24(23-18-30-28(29)31-19-23)32-27(17-22)34-12-14-37-15-13-34/h2-3,16-19,21H,4-5,8-15,20H2,1H3,(H2,29,30,31). The Morgan fingerprint density at radius 1 is 1.11 bits per heavy atom. The molecule has 0 unspecified atom stereocenters. The number of nitrogens with two attached hydrogens (primary N) is 1. The summed E-state index contributed by atoms with van der Waals surface area (Å²) >= 11 is 0. The minimum Gasteiger partial charge on any atom is -0.378 e. The van der Waals surface area contributed by atoms with Crippen molar-refractivity contribution in [1.29, 1.82) is 0 Å². The summed E-state index contributed by atoms with van der Waals surface area (Å²) in [5, 5.41) is 0. The van der Waals surface area contributed by atoms with Gasteiger partial charge in [0.15, 0.2) is 5.78 Å². The van der Waals surface area contributed by atoms with Crippen molar-refractivity contribution in [2.45, 2.75) is 32.6 Å². The van der Waals surface area contributed by atoms with Gasteiger partial charge in [0.05, 0.1) is 25.5 Å². The number of aromatic nitrogens is 3. The van der Waals surface area contributed by atoms with Gasteiger partial charge >= 0.3 is 0 Å². The number of nitrogen functional groups attached to an aromatic ring is 1. The molecule has 0 bridgehead atoms. The molecule has 0 aliphatic carbocycles. The highest BCUT2D eigenvalue weighted by molar-refractivity contribution is 6.38. The fourth-order valence-electron chi connectivity index (χ4n) is 4.39. The molecule has 0 spiro atoms. The summed E-state index contributed by atoms with van der Waals surface area (Å²) in [7, 11) is 0. The van der Waals surface area contributed by atoms with Crippen LogP contribution in [-0.2, 0) is 14.3 Å². The van der Waals surface area contributed by atoms with E-state index in [1.165, 1.54) is 0 Å². The van der Waals surface area contributed by atoms with Crippen molar-refractivity contribution < 1.29 is 14.3 Å². The zero-order valence-electron chi connectivity index (χ0n) is 21.4. The lowest BCUT2D eigenvalue weighted by molar-refractivity contribution is -0.137. The van der Waals surface area contributed by atoms with E-state index in [9.17, 15) is 9.59 Å². The first-order chi connectivity index (χ1) is 18.0. The number of carbonyl (C=O) groups is 2. The maximum absolute atomic E-state index is 12.3. The second-order valence-corrected chi connectivity index (χ2v) is 9.30. The molecule has 4 rings (SSSR count). The number of hydrogen-bond acceptors (Lipinski definition) is 9. The van der Waals surface area contributed by atoms with Gasteiger partial charge in [-0.15, -0.1) is 0 Å². The minimum absolute atomic E-state index is 0.203. The minimum atomic E-state index is -0.291. The molecular formula is C28H34N6O3. The molecular weight excluding hydrogens is 468 g/mol. The zero-order valence-corrected chi connectivity index (χ0v) is 21.4. The molecule has 2 aliphatic rings. The second-order valence-electron chi connectivity index (χ2n) is 9.30. The van der Waals surface area contributed by atoms with Gasteiger partial charge in [-0.2, -0.15) is 0 Å². The fraction of sp³-hybridized carbons (Fsp3) is 0.464. The van der Waals surface area contributed by atoms with Gasteiger partial charge in [0, 0.05) is 48.9 Å². The van der Waals surface area contributed by atoms with Crippen LogP contribution in [0.5, 0.6) is 0 Å². The van der Waals surface area contributed by atoms with E-state index in [4.69, 9.17) is 15.5 Å². The Morgan fingerprint density at radius 2 is 1.84 bits per heavy atom. The number of nitrogens with zero attached hydrogens (tertiary/aromatic N) is 5. The van der Waals surface area contributed by atoms with E-state index in [0.29, 0.717) is 19.6 Å². The van der Waals surface area contributed by atoms with Gasteiger partial charge in [0.1, 0.15) is 5.82 Å². The molecule has 2 aromatic rings. The predicted molar refractivity (Wildman–Crippen MR) is 143 cm³/mol. The first-order valence-electron chi connectivity index (χ1n) is 12.9. The summed E-state index contributed by atoms with van der Waals surface area (Å²) in [4.78, 5) is 41.6. The number of Topliss-reactive ketones (excluding diaryl/α,β-unsaturated/α-hetero) is 2. The summed E-state index contributed by atoms with van der Waals surface area (Å²) in [6, 6.07) is 3.98. The highest BCUT2D eigenvalue weighted by Gasteiger charge is 2.22. The molecule has 0 saturated carbocycles. The molecule has 2 N–H and O–H groups in total. The third-order valence-corrected chi connectivity index (χ3v) is 6.57. The average Bonchev–Trinajstić information content (AvgIpc) is 2.93. The van der Waals surface area contributed by atoms with Gasteiger partial charge in [-0.25, -0.2) is 15.0 Å². The Balaban J connectivity index is 1.41. The number of ether oxygens (including phenoxy) is 1. The molecule has 2 saturated heterocycles. The average molecular weight is 503 g/mol. The zero-order chi connectivity index (χ0) is 26.0. The van der Waals surface area contributed by atoms with E-state index >= 15 is 0 Å². The monoisotopic (exact) mass is 502 g/mol. The van der Waals surface area contributed by atoms with Crippen LogP contribution in [0, 0.1) is 17.8 Å². The van der Waals surface area contributed by atoms with Crippen molar-refractivity contribution >= 4 is 23.3 Å². The van der Waals surface area contributed by atoms with Crippen LogP contribution < -0.4 is 10.6 Å². The van der Waals surface area contributed by atoms with E-state index in [1.54, 1.807) is 12.4 Å². The SMILES string of the molecule is CC=CCCC(=O)C(=O)CN1CCC(C#Cc2cc(-c3cnc(N)nc3)nc(N3CCOCC3)c2)CC1. The van der Waals surface area contributed by atoms with Crippen molar-refractivity contribution in [3.63, 3.8) is 0 Å². The van der Waals surface area contributed by atoms with Crippen molar-refractivity contribution in [2.24, 2.45) is 5.92 Å². The van der Waals surface area contributed by atoms with E-state index in [2.05, 4.69) is 31.6 Å². The number of likely N-dealkylation sites (tertiary alicyclic amines) is 1. The van der Waals surface area contributed by atoms with E-state index in [0.717, 1.165) is 61.7 Å². The molecule has 4 heterocycles. The maximum atomic E-state index is 12.3. The van der Waals surface area contributed by atoms with Gasteiger partial charge in [0.25, 0.3) is 0 Å². The largest absolute Gasteiger partial charge is 0.378 e. The summed E-state index contributed by atoms with van der Waals surface area (Å²) < 4.78 is 5.50. The predicted octanol–water partition coefficient (Wildman–Crippen LogP) is 2.52. The number of rotatable bonds is 8. The lowest BCUT2D eigenvalue weighted by Crippen LogP contribution is -2.39. The Labute approximate surface area is 218 Å². The molecule has 0 aromatic carbocycles. The molecule has 9 heteroatoms. The first-order valence-corrected chi connectivity index (χ1v) is 12.9. The Hall–Kier alpha value is -3.61. The third kappa shape index (κ3) is 7.68. The number of ketones is 2. The highest BCUT2D eigenvalue weighted by atomic mass is 16.5. The molecule has 9 nitrogen and oxygen atoms in total. The Morgan fingerprint density at radius 3 is 2.54 bits per heavy atom. The van der Waals surface area contributed by atoms with Crippen LogP contribution in [0.3, 0.4) is 0 Å². The van der Waals surface area contributed by atoms with Crippen LogP contribution >= 0.6 is 0 Å². The number of anilines is 2. The van der Waals surface area contributed by atoms with Crippen molar-refractivity contribution in [3.05, 3.63) is 42.2 Å². The molecule has 37 heavy (non-hydrogen) atoms. The number of allylic oxidation sites excluding steroid dienone is 2. The van der Waals surface area contributed by atoms with Crippen molar-refractivity contribution in [1.82, 2.24) is 19.9 Å². The lowest BCUT2D eigenvalue weighted by Gasteiger charge is -2.29. The van der Waals surface area contributed by atoms with Crippen LogP contribution in [0.25, 0.3) is 11.3 Å².